The molecule has 6 heteroatoms. The molecule has 0 radical (unpaired) electrons. The molecule has 0 unspecified atom stereocenters. The largest absolute Gasteiger partial charge is 0.497 e. The van der Waals surface area contributed by atoms with Crippen LogP contribution < -0.4 is 10.1 Å². The van der Waals surface area contributed by atoms with Crippen molar-refractivity contribution >= 4 is 11.5 Å². The van der Waals surface area contributed by atoms with Crippen LogP contribution in [0.2, 0.25) is 0 Å². The molecule has 6 nitrogen and oxygen atoms in total. The number of nitrogens with one attached hydrogen (secondary N) is 1. The quantitative estimate of drug-likeness (QED) is 0.660. The van der Waals surface area contributed by atoms with Crippen LogP contribution >= 0.6 is 0 Å². The maximum atomic E-state index is 5.33. The Balaban J connectivity index is 1.96. The second-order valence-electron chi connectivity index (χ2n) is 6.79. The molecule has 0 aliphatic carbocycles. The van der Waals surface area contributed by atoms with Gasteiger partial charge in [0.15, 0.2) is 5.65 Å². The molecule has 0 atom stereocenters. The van der Waals surface area contributed by atoms with Crippen molar-refractivity contribution in [3.63, 3.8) is 0 Å². The van der Waals surface area contributed by atoms with Gasteiger partial charge in [0.2, 0.25) is 0 Å². The van der Waals surface area contributed by atoms with Gasteiger partial charge < -0.3 is 15.0 Å². The molecule has 0 fully saturated rings. The lowest BCUT2D eigenvalue weighted by Crippen LogP contribution is -2.18. The zero-order valence-corrected chi connectivity index (χ0v) is 16.2. The predicted octanol–water partition coefficient (Wildman–Crippen LogP) is 3.39. The van der Waals surface area contributed by atoms with E-state index in [-0.39, 0.29) is 0 Å². The molecule has 3 aromatic rings. The molecule has 26 heavy (non-hydrogen) atoms. The summed E-state index contributed by atoms with van der Waals surface area (Å²) >= 11 is 0. The number of benzene rings is 1. The summed E-state index contributed by atoms with van der Waals surface area (Å²) in [4.78, 5) is 6.89. The van der Waals surface area contributed by atoms with Crippen molar-refractivity contribution in [3.8, 4) is 17.0 Å². The standard InChI is InChI=1S/C20H27N5O/c1-14-15(2)22-19-13-18(16-8-6-9-17(12-16)26-5)23-25(19)20(14)21-10-7-11-24(3)4/h6,8-9,12-13,21H,7,10-11H2,1-5H3. The molecule has 1 aromatic carbocycles. The number of fused-ring (bicyclic) bond motifs is 1. The van der Waals surface area contributed by atoms with Crippen LogP contribution in [-0.4, -0.2) is 53.8 Å². The van der Waals surface area contributed by atoms with Gasteiger partial charge in [0.25, 0.3) is 0 Å². The van der Waals surface area contributed by atoms with E-state index in [2.05, 4.69) is 31.2 Å². The first-order valence-corrected chi connectivity index (χ1v) is 8.89. The molecule has 0 saturated heterocycles. The van der Waals surface area contributed by atoms with Crippen molar-refractivity contribution in [2.45, 2.75) is 20.3 Å². The highest BCUT2D eigenvalue weighted by molar-refractivity contribution is 5.67. The van der Waals surface area contributed by atoms with Gasteiger partial charge in [-0.15, -0.1) is 0 Å². The van der Waals surface area contributed by atoms with E-state index in [9.17, 15) is 0 Å². The third-order valence-electron chi connectivity index (χ3n) is 4.52. The molecule has 2 heterocycles. The molecule has 0 bridgehead atoms. The molecule has 2 aromatic heterocycles. The van der Waals surface area contributed by atoms with E-state index in [1.807, 2.05) is 41.8 Å². The molecule has 3 rings (SSSR count). The highest BCUT2D eigenvalue weighted by atomic mass is 16.5. The molecule has 0 saturated carbocycles. The highest BCUT2D eigenvalue weighted by Crippen LogP contribution is 2.26. The lowest BCUT2D eigenvalue weighted by molar-refractivity contribution is 0.405. The van der Waals surface area contributed by atoms with Gasteiger partial charge in [0.05, 0.1) is 12.8 Å². The van der Waals surface area contributed by atoms with Gasteiger partial charge in [-0.2, -0.15) is 9.61 Å². The maximum absolute atomic E-state index is 5.33. The van der Waals surface area contributed by atoms with E-state index in [1.54, 1.807) is 7.11 Å². The minimum Gasteiger partial charge on any atom is -0.497 e. The number of methoxy groups -OCH3 is 1. The van der Waals surface area contributed by atoms with Gasteiger partial charge in [0.1, 0.15) is 11.6 Å². The molecule has 0 spiro atoms. The summed E-state index contributed by atoms with van der Waals surface area (Å²) in [5.41, 5.74) is 4.90. The Hall–Kier alpha value is -2.60. The summed E-state index contributed by atoms with van der Waals surface area (Å²) in [7, 11) is 5.86. The van der Waals surface area contributed by atoms with Crippen LogP contribution in [0, 0.1) is 13.8 Å². The average molecular weight is 353 g/mol. The smallest absolute Gasteiger partial charge is 0.158 e. The van der Waals surface area contributed by atoms with Crippen molar-refractivity contribution in [1.82, 2.24) is 19.5 Å². The Bertz CT molecular complexity index is 901. The second-order valence-corrected chi connectivity index (χ2v) is 6.79. The summed E-state index contributed by atoms with van der Waals surface area (Å²) in [6.07, 6.45) is 1.07. The summed E-state index contributed by atoms with van der Waals surface area (Å²) in [5.74, 6) is 1.84. The first-order valence-electron chi connectivity index (χ1n) is 8.89. The first-order chi connectivity index (χ1) is 12.5. The van der Waals surface area contributed by atoms with E-state index in [0.717, 1.165) is 59.2 Å². The SMILES string of the molecule is COc1cccc(-c2cc3nc(C)c(C)c(NCCCN(C)C)n3n2)c1. The lowest BCUT2D eigenvalue weighted by atomic mass is 10.1. The Labute approximate surface area is 154 Å². The minimum atomic E-state index is 0.821. The van der Waals surface area contributed by atoms with Crippen LogP contribution in [0.3, 0.4) is 0 Å². The summed E-state index contributed by atoms with van der Waals surface area (Å²) in [6.45, 7) is 6.07. The highest BCUT2D eigenvalue weighted by Gasteiger charge is 2.13. The second kappa shape index (κ2) is 7.74. The van der Waals surface area contributed by atoms with E-state index in [1.165, 1.54) is 0 Å². The van der Waals surface area contributed by atoms with Crippen molar-refractivity contribution in [1.29, 1.82) is 0 Å². The van der Waals surface area contributed by atoms with Gasteiger partial charge >= 0.3 is 0 Å². The van der Waals surface area contributed by atoms with Gasteiger partial charge in [-0.3, -0.25) is 0 Å². The Morgan fingerprint density at radius 1 is 1.19 bits per heavy atom. The first kappa shape index (κ1) is 18.2. The average Bonchev–Trinajstić information content (AvgIpc) is 3.04. The number of nitrogens with zero attached hydrogens (tertiary/aromatic N) is 4. The van der Waals surface area contributed by atoms with E-state index in [4.69, 9.17) is 14.8 Å². The van der Waals surface area contributed by atoms with Crippen molar-refractivity contribution in [3.05, 3.63) is 41.6 Å². The van der Waals surface area contributed by atoms with Gasteiger partial charge in [-0.25, -0.2) is 4.98 Å². The fraction of sp³-hybridized carbons (Fsp3) is 0.400. The van der Waals surface area contributed by atoms with Crippen LogP contribution in [-0.2, 0) is 0 Å². The van der Waals surface area contributed by atoms with E-state index in [0.29, 0.717) is 0 Å². The molecular weight excluding hydrogens is 326 g/mol. The van der Waals surface area contributed by atoms with Crippen LogP contribution in [0.1, 0.15) is 17.7 Å². The number of hydrogen-bond acceptors (Lipinski definition) is 5. The van der Waals surface area contributed by atoms with E-state index < -0.39 is 0 Å². The van der Waals surface area contributed by atoms with E-state index >= 15 is 0 Å². The summed E-state index contributed by atoms with van der Waals surface area (Å²) < 4.78 is 7.24. The Morgan fingerprint density at radius 3 is 2.73 bits per heavy atom. The third kappa shape index (κ3) is 3.80. The van der Waals surface area contributed by atoms with Gasteiger partial charge in [-0.1, -0.05) is 12.1 Å². The van der Waals surface area contributed by atoms with Crippen LogP contribution in [0.15, 0.2) is 30.3 Å². The monoisotopic (exact) mass is 353 g/mol. The lowest BCUT2D eigenvalue weighted by Gasteiger charge is -2.14. The number of rotatable bonds is 7. The molecule has 0 amide bonds. The zero-order valence-electron chi connectivity index (χ0n) is 16.2. The molecule has 1 N–H and O–H groups in total. The van der Waals surface area contributed by atoms with Gasteiger partial charge in [0, 0.05) is 29.4 Å². The summed E-state index contributed by atoms with van der Waals surface area (Å²) in [6, 6.07) is 9.96. The number of aryl methyl sites for hydroxylation is 1. The summed E-state index contributed by atoms with van der Waals surface area (Å²) in [5, 5.41) is 8.35. The maximum Gasteiger partial charge on any atom is 0.158 e. The van der Waals surface area contributed by atoms with Crippen molar-refractivity contribution in [2.24, 2.45) is 0 Å². The number of ether oxygens (including phenoxy) is 1. The van der Waals surface area contributed by atoms with Crippen molar-refractivity contribution < 1.29 is 4.74 Å². The molecule has 0 aliphatic rings. The number of aromatic nitrogens is 3. The zero-order chi connectivity index (χ0) is 18.7. The fourth-order valence-electron chi connectivity index (χ4n) is 2.93. The molecular formula is C20H27N5O. The third-order valence-corrected chi connectivity index (χ3v) is 4.52. The molecule has 138 valence electrons. The normalized spacial score (nSPS) is 11.3. The van der Waals surface area contributed by atoms with Crippen molar-refractivity contribution in [2.75, 3.05) is 39.6 Å². The van der Waals surface area contributed by atoms with Crippen LogP contribution in [0.4, 0.5) is 5.82 Å². The topological polar surface area (TPSA) is 54.7 Å². The number of hydrogen-bond donors (Lipinski definition) is 1. The predicted molar refractivity (Wildman–Crippen MR) is 106 cm³/mol. The number of anilines is 1. The van der Waals surface area contributed by atoms with Crippen LogP contribution in [0.25, 0.3) is 16.9 Å². The minimum absolute atomic E-state index is 0.821. The Morgan fingerprint density at radius 2 is 2.00 bits per heavy atom. The Kier molecular flexibility index (Phi) is 5.42. The van der Waals surface area contributed by atoms with Crippen LogP contribution in [0.5, 0.6) is 5.75 Å². The van der Waals surface area contributed by atoms with Gasteiger partial charge in [-0.05, 0) is 53.0 Å². The molecule has 0 aliphatic heterocycles. The fourth-order valence-corrected chi connectivity index (χ4v) is 2.93.